The van der Waals surface area contributed by atoms with Crippen LogP contribution in [0.4, 0.5) is 5.82 Å². The molecule has 1 aliphatic heterocycles. The largest absolute Gasteiger partial charge is 0.358 e. The summed E-state index contributed by atoms with van der Waals surface area (Å²) in [5.41, 5.74) is 0.865. The Morgan fingerprint density at radius 3 is 2.52 bits per heavy atom. The first-order valence-corrected chi connectivity index (χ1v) is 8.04. The van der Waals surface area contributed by atoms with Crippen molar-refractivity contribution >= 4 is 17.4 Å². The highest BCUT2D eigenvalue weighted by Crippen LogP contribution is 2.28. The zero-order chi connectivity index (χ0) is 15.8. The van der Waals surface area contributed by atoms with Crippen LogP contribution in [0.1, 0.15) is 45.0 Å². The molecular formula is C16H27ClN4. The number of aromatic nitrogens is 2. The summed E-state index contributed by atoms with van der Waals surface area (Å²) in [5.74, 6) is 1.76. The number of rotatable bonds is 3. The quantitative estimate of drug-likeness (QED) is 0.802. The number of likely N-dealkylation sites (N-methyl/N-ethyl adjacent to an activating group) is 2. The highest BCUT2D eigenvalue weighted by molar-refractivity contribution is 6.30. The van der Waals surface area contributed by atoms with Crippen LogP contribution in [0.25, 0.3) is 0 Å². The molecule has 21 heavy (non-hydrogen) atoms. The van der Waals surface area contributed by atoms with Crippen LogP contribution in [0.2, 0.25) is 5.15 Å². The maximum atomic E-state index is 6.33. The number of hydrogen-bond acceptors (Lipinski definition) is 4. The third-order valence-corrected chi connectivity index (χ3v) is 4.62. The van der Waals surface area contributed by atoms with E-state index in [1.807, 2.05) is 6.92 Å². The minimum Gasteiger partial charge on any atom is -0.358 e. The molecule has 0 aromatic carbocycles. The Morgan fingerprint density at radius 1 is 1.33 bits per heavy atom. The molecule has 4 nitrogen and oxygen atoms in total. The van der Waals surface area contributed by atoms with Gasteiger partial charge in [-0.1, -0.05) is 32.4 Å². The summed E-state index contributed by atoms with van der Waals surface area (Å²) in [7, 11) is 4.30. The molecule has 2 rings (SSSR count). The van der Waals surface area contributed by atoms with E-state index >= 15 is 0 Å². The molecule has 0 spiro atoms. The van der Waals surface area contributed by atoms with E-state index in [2.05, 4.69) is 49.7 Å². The Balaban J connectivity index is 2.27. The Morgan fingerprint density at radius 2 is 2.00 bits per heavy atom. The SMILES string of the molecule is Cc1c(Cl)nc(C(C)(C)C)nc1N(C)CC1CCCN1C. The number of hydrogen-bond donors (Lipinski definition) is 0. The van der Waals surface area contributed by atoms with E-state index < -0.39 is 0 Å². The average molecular weight is 311 g/mol. The fourth-order valence-electron chi connectivity index (χ4n) is 2.80. The van der Waals surface area contributed by atoms with Gasteiger partial charge < -0.3 is 9.80 Å². The number of anilines is 1. The number of nitrogens with zero attached hydrogens (tertiary/aromatic N) is 4. The molecule has 118 valence electrons. The lowest BCUT2D eigenvalue weighted by Crippen LogP contribution is -2.37. The Hall–Kier alpha value is -0.870. The van der Waals surface area contributed by atoms with Crippen LogP contribution in [0.15, 0.2) is 0 Å². The topological polar surface area (TPSA) is 32.3 Å². The second-order valence-electron chi connectivity index (χ2n) is 7.19. The van der Waals surface area contributed by atoms with E-state index in [9.17, 15) is 0 Å². The smallest absolute Gasteiger partial charge is 0.137 e. The van der Waals surface area contributed by atoms with Crippen molar-refractivity contribution in [1.29, 1.82) is 0 Å². The van der Waals surface area contributed by atoms with Gasteiger partial charge in [-0.2, -0.15) is 0 Å². The van der Waals surface area contributed by atoms with Crippen LogP contribution in [0, 0.1) is 6.92 Å². The van der Waals surface area contributed by atoms with Crippen molar-refractivity contribution < 1.29 is 0 Å². The first kappa shape index (κ1) is 16.5. The van der Waals surface area contributed by atoms with Gasteiger partial charge in [-0.15, -0.1) is 0 Å². The summed E-state index contributed by atoms with van der Waals surface area (Å²) in [4.78, 5) is 13.9. The molecule has 1 aromatic rings. The van der Waals surface area contributed by atoms with E-state index in [-0.39, 0.29) is 5.41 Å². The molecule has 0 N–H and O–H groups in total. The van der Waals surface area contributed by atoms with Crippen molar-refractivity contribution in [1.82, 2.24) is 14.9 Å². The lowest BCUT2D eigenvalue weighted by Gasteiger charge is -2.29. The van der Waals surface area contributed by atoms with Crippen molar-refractivity contribution in [2.45, 2.75) is 52.0 Å². The lowest BCUT2D eigenvalue weighted by atomic mass is 9.95. The standard InChI is InChI=1S/C16H27ClN4/c1-11-13(17)18-15(16(2,3)4)19-14(11)21(6)10-12-8-7-9-20(12)5/h12H,7-10H2,1-6H3. The Labute approximate surface area is 133 Å². The summed E-state index contributed by atoms with van der Waals surface area (Å²) >= 11 is 6.33. The molecule has 1 saturated heterocycles. The van der Waals surface area contributed by atoms with Crippen LogP contribution >= 0.6 is 11.6 Å². The number of likely N-dealkylation sites (tertiary alicyclic amines) is 1. The lowest BCUT2D eigenvalue weighted by molar-refractivity contribution is 0.314. The molecule has 0 bridgehead atoms. The van der Waals surface area contributed by atoms with Gasteiger partial charge in [-0.25, -0.2) is 9.97 Å². The van der Waals surface area contributed by atoms with Gasteiger partial charge in [-0.05, 0) is 33.4 Å². The molecule has 1 aliphatic rings. The monoisotopic (exact) mass is 310 g/mol. The average Bonchev–Trinajstić information content (AvgIpc) is 2.76. The van der Waals surface area contributed by atoms with E-state index in [1.165, 1.54) is 19.4 Å². The van der Waals surface area contributed by atoms with Gasteiger partial charge in [0.25, 0.3) is 0 Å². The minimum absolute atomic E-state index is 0.100. The maximum Gasteiger partial charge on any atom is 0.137 e. The van der Waals surface area contributed by atoms with E-state index in [4.69, 9.17) is 16.6 Å². The van der Waals surface area contributed by atoms with Crippen LogP contribution < -0.4 is 4.90 Å². The summed E-state index contributed by atoms with van der Waals surface area (Å²) < 4.78 is 0. The molecule has 1 atom stereocenters. The Kier molecular flexibility index (Phi) is 4.79. The highest BCUT2D eigenvalue weighted by atomic mass is 35.5. The van der Waals surface area contributed by atoms with Gasteiger partial charge in [0.2, 0.25) is 0 Å². The van der Waals surface area contributed by atoms with Crippen LogP contribution in [-0.4, -0.2) is 48.1 Å². The summed E-state index contributed by atoms with van der Waals surface area (Å²) in [6, 6.07) is 0.598. The van der Waals surface area contributed by atoms with Gasteiger partial charge in [0.1, 0.15) is 16.8 Å². The molecule has 2 heterocycles. The fourth-order valence-corrected chi connectivity index (χ4v) is 2.96. The minimum atomic E-state index is -0.100. The molecule has 0 amide bonds. The fraction of sp³-hybridized carbons (Fsp3) is 0.750. The van der Waals surface area contributed by atoms with Crippen molar-refractivity contribution in [3.63, 3.8) is 0 Å². The second kappa shape index (κ2) is 6.09. The van der Waals surface area contributed by atoms with Gasteiger partial charge in [-0.3, -0.25) is 0 Å². The third kappa shape index (κ3) is 3.67. The predicted molar refractivity (Wildman–Crippen MR) is 89.4 cm³/mol. The van der Waals surface area contributed by atoms with Crippen molar-refractivity contribution in [2.75, 3.05) is 32.1 Å². The van der Waals surface area contributed by atoms with Crippen LogP contribution in [0.3, 0.4) is 0 Å². The molecule has 0 aliphatic carbocycles. The van der Waals surface area contributed by atoms with Gasteiger partial charge in [0.15, 0.2) is 0 Å². The third-order valence-electron chi connectivity index (χ3n) is 4.25. The second-order valence-corrected chi connectivity index (χ2v) is 7.55. The molecule has 1 aromatic heterocycles. The normalized spacial score (nSPS) is 20.0. The predicted octanol–water partition coefficient (Wildman–Crippen LogP) is 3.27. The molecular weight excluding hydrogens is 284 g/mol. The van der Waals surface area contributed by atoms with E-state index in [1.54, 1.807) is 0 Å². The van der Waals surface area contributed by atoms with Crippen molar-refractivity contribution in [3.05, 3.63) is 16.5 Å². The summed E-state index contributed by atoms with van der Waals surface area (Å²) in [5, 5.41) is 0.566. The number of halogens is 1. The van der Waals surface area contributed by atoms with Gasteiger partial charge >= 0.3 is 0 Å². The first-order chi connectivity index (χ1) is 9.70. The summed E-state index contributed by atoms with van der Waals surface area (Å²) in [6.07, 6.45) is 2.54. The van der Waals surface area contributed by atoms with Crippen LogP contribution in [-0.2, 0) is 5.41 Å². The van der Waals surface area contributed by atoms with E-state index in [0.29, 0.717) is 11.2 Å². The van der Waals surface area contributed by atoms with Crippen molar-refractivity contribution in [2.24, 2.45) is 0 Å². The zero-order valence-corrected chi connectivity index (χ0v) is 14.8. The summed E-state index contributed by atoms with van der Waals surface area (Å²) in [6.45, 7) is 10.5. The van der Waals surface area contributed by atoms with Gasteiger partial charge in [0.05, 0.1) is 0 Å². The highest BCUT2D eigenvalue weighted by Gasteiger charge is 2.25. The first-order valence-electron chi connectivity index (χ1n) is 7.66. The molecule has 1 unspecified atom stereocenters. The molecule has 5 heteroatoms. The van der Waals surface area contributed by atoms with Crippen molar-refractivity contribution in [3.8, 4) is 0 Å². The van der Waals surface area contributed by atoms with Crippen LogP contribution in [0.5, 0.6) is 0 Å². The Bertz CT molecular complexity index is 510. The van der Waals surface area contributed by atoms with E-state index in [0.717, 1.165) is 23.8 Å². The molecule has 0 radical (unpaired) electrons. The molecule has 0 saturated carbocycles. The maximum absolute atomic E-state index is 6.33. The zero-order valence-electron chi connectivity index (χ0n) is 14.1. The van der Waals surface area contributed by atoms with Gasteiger partial charge in [0, 0.05) is 30.6 Å². The molecule has 1 fully saturated rings.